The number of amides is 1. The monoisotopic (exact) mass is 247 g/mol. The normalized spacial score (nSPS) is 16.9. The number of hydrogen-bond acceptors (Lipinski definition) is 3. The third kappa shape index (κ3) is 2.48. The van der Waals surface area contributed by atoms with Crippen molar-refractivity contribution in [3.63, 3.8) is 0 Å². The molecule has 4 heteroatoms. The number of nitrogens with zero attached hydrogens (tertiary/aromatic N) is 2. The van der Waals surface area contributed by atoms with Crippen molar-refractivity contribution in [2.75, 3.05) is 31.6 Å². The Labute approximate surface area is 108 Å². The number of benzene rings is 1. The number of anilines is 1. The fourth-order valence-corrected chi connectivity index (χ4v) is 2.51. The Bertz CT molecular complexity index is 445. The summed E-state index contributed by atoms with van der Waals surface area (Å²) in [5, 5.41) is 0. The molecule has 18 heavy (non-hydrogen) atoms. The van der Waals surface area contributed by atoms with E-state index in [1.165, 1.54) is 5.56 Å². The average Bonchev–Trinajstić information content (AvgIpc) is 2.51. The Morgan fingerprint density at radius 1 is 1.33 bits per heavy atom. The van der Waals surface area contributed by atoms with Crippen molar-refractivity contribution in [3.8, 4) is 0 Å². The minimum absolute atomic E-state index is 0.179. The highest BCUT2D eigenvalue weighted by Gasteiger charge is 2.21. The lowest BCUT2D eigenvalue weighted by atomic mass is 10.1. The molecule has 2 rings (SSSR count). The maximum Gasteiger partial charge on any atom is 0.241 e. The van der Waals surface area contributed by atoms with E-state index in [2.05, 4.69) is 17.9 Å². The third-order valence-electron chi connectivity index (χ3n) is 3.53. The molecule has 0 atom stereocenters. The summed E-state index contributed by atoms with van der Waals surface area (Å²) in [6, 6.07) is 6.14. The Balaban J connectivity index is 2.33. The SMILES string of the molecule is Cc1cccc(CN)c1N1CCCN(C)C(=O)C1. The quantitative estimate of drug-likeness (QED) is 0.852. The molecule has 0 unspecified atom stereocenters. The van der Waals surface area contributed by atoms with Crippen molar-refractivity contribution in [3.05, 3.63) is 29.3 Å². The summed E-state index contributed by atoms with van der Waals surface area (Å²) in [6.45, 7) is 4.78. The van der Waals surface area contributed by atoms with Crippen molar-refractivity contribution in [2.45, 2.75) is 19.9 Å². The lowest BCUT2D eigenvalue weighted by molar-refractivity contribution is -0.127. The predicted molar refractivity (Wildman–Crippen MR) is 73.5 cm³/mol. The number of hydrogen-bond donors (Lipinski definition) is 1. The van der Waals surface area contributed by atoms with Gasteiger partial charge in [0.25, 0.3) is 0 Å². The number of carbonyl (C=O) groups excluding carboxylic acids is 1. The summed E-state index contributed by atoms with van der Waals surface area (Å²) >= 11 is 0. The van der Waals surface area contributed by atoms with E-state index in [1.807, 2.05) is 19.2 Å². The summed E-state index contributed by atoms with van der Waals surface area (Å²) < 4.78 is 0. The molecule has 1 fully saturated rings. The van der Waals surface area contributed by atoms with E-state index in [4.69, 9.17) is 5.73 Å². The molecule has 0 radical (unpaired) electrons. The number of carbonyl (C=O) groups is 1. The van der Waals surface area contributed by atoms with Crippen molar-refractivity contribution in [2.24, 2.45) is 5.73 Å². The van der Waals surface area contributed by atoms with Gasteiger partial charge >= 0.3 is 0 Å². The largest absolute Gasteiger partial charge is 0.362 e. The molecule has 1 aliphatic rings. The fourth-order valence-electron chi connectivity index (χ4n) is 2.51. The van der Waals surface area contributed by atoms with Gasteiger partial charge in [0, 0.05) is 32.4 Å². The van der Waals surface area contributed by atoms with Gasteiger partial charge in [-0.1, -0.05) is 18.2 Å². The topological polar surface area (TPSA) is 49.6 Å². The molecule has 98 valence electrons. The number of nitrogens with two attached hydrogens (primary N) is 1. The number of rotatable bonds is 2. The zero-order valence-electron chi connectivity index (χ0n) is 11.1. The lowest BCUT2D eigenvalue weighted by Gasteiger charge is -2.26. The van der Waals surface area contributed by atoms with E-state index in [1.54, 1.807) is 4.90 Å². The number of aryl methyl sites for hydroxylation is 1. The highest BCUT2D eigenvalue weighted by molar-refractivity contribution is 5.82. The summed E-state index contributed by atoms with van der Waals surface area (Å²) in [6.07, 6.45) is 1.00. The fraction of sp³-hybridized carbons (Fsp3) is 0.500. The van der Waals surface area contributed by atoms with Crippen LogP contribution in [0.25, 0.3) is 0 Å². The van der Waals surface area contributed by atoms with Gasteiger partial charge in [0.05, 0.1) is 6.54 Å². The second kappa shape index (κ2) is 5.40. The van der Waals surface area contributed by atoms with Crippen LogP contribution in [0.15, 0.2) is 18.2 Å². The Morgan fingerprint density at radius 2 is 2.11 bits per heavy atom. The lowest BCUT2D eigenvalue weighted by Crippen LogP contribution is -2.35. The first-order chi connectivity index (χ1) is 8.63. The summed E-state index contributed by atoms with van der Waals surface area (Å²) in [4.78, 5) is 15.9. The molecule has 1 aromatic carbocycles. The van der Waals surface area contributed by atoms with Crippen LogP contribution in [0, 0.1) is 6.92 Å². The van der Waals surface area contributed by atoms with Crippen molar-refractivity contribution in [1.29, 1.82) is 0 Å². The van der Waals surface area contributed by atoms with Gasteiger partial charge < -0.3 is 15.5 Å². The molecule has 1 aromatic rings. The first-order valence-corrected chi connectivity index (χ1v) is 6.41. The minimum Gasteiger partial charge on any atom is -0.362 e. The molecule has 0 bridgehead atoms. The Kier molecular flexibility index (Phi) is 3.87. The molecule has 2 N–H and O–H groups in total. The molecule has 0 aromatic heterocycles. The van der Waals surface area contributed by atoms with Crippen molar-refractivity contribution >= 4 is 11.6 Å². The standard InChI is InChI=1S/C14H21N3O/c1-11-5-3-6-12(9-15)14(11)17-8-4-7-16(2)13(18)10-17/h3,5-6H,4,7-10,15H2,1-2H3. The summed E-state index contributed by atoms with van der Waals surface area (Å²) in [5.41, 5.74) is 9.26. The molecule has 0 spiro atoms. The predicted octanol–water partition coefficient (Wildman–Crippen LogP) is 1.12. The van der Waals surface area contributed by atoms with E-state index in [-0.39, 0.29) is 5.91 Å². The van der Waals surface area contributed by atoms with Gasteiger partial charge in [-0.2, -0.15) is 0 Å². The molecule has 4 nitrogen and oxygen atoms in total. The Hall–Kier alpha value is -1.55. The van der Waals surface area contributed by atoms with Gasteiger partial charge in [-0.15, -0.1) is 0 Å². The van der Waals surface area contributed by atoms with Gasteiger partial charge in [0.2, 0.25) is 5.91 Å². The summed E-state index contributed by atoms with van der Waals surface area (Å²) in [5.74, 6) is 0.179. The van der Waals surface area contributed by atoms with Gasteiger partial charge in [-0.25, -0.2) is 0 Å². The van der Waals surface area contributed by atoms with Crippen LogP contribution in [-0.2, 0) is 11.3 Å². The first kappa shape index (κ1) is 12.9. The highest BCUT2D eigenvalue weighted by atomic mass is 16.2. The van der Waals surface area contributed by atoms with E-state index >= 15 is 0 Å². The molecule has 1 amide bonds. The second-order valence-corrected chi connectivity index (χ2v) is 4.88. The molecule has 1 saturated heterocycles. The van der Waals surface area contributed by atoms with E-state index in [0.717, 1.165) is 30.8 Å². The highest BCUT2D eigenvalue weighted by Crippen LogP contribution is 2.26. The maximum atomic E-state index is 12.0. The van der Waals surface area contributed by atoms with Crippen LogP contribution in [0.2, 0.25) is 0 Å². The van der Waals surface area contributed by atoms with E-state index < -0.39 is 0 Å². The molecule has 1 aliphatic heterocycles. The zero-order chi connectivity index (χ0) is 13.1. The number of likely N-dealkylation sites (N-methyl/N-ethyl adjacent to an activating group) is 1. The van der Waals surface area contributed by atoms with Gasteiger partial charge in [0.1, 0.15) is 0 Å². The van der Waals surface area contributed by atoms with Crippen molar-refractivity contribution in [1.82, 2.24) is 4.90 Å². The van der Waals surface area contributed by atoms with Crippen LogP contribution in [0.5, 0.6) is 0 Å². The molecular weight excluding hydrogens is 226 g/mol. The number of para-hydroxylation sites is 1. The minimum atomic E-state index is 0.179. The zero-order valence-corrected chi connectivity index (χ0v) is 11.1. The van der Waals surface area contributed by atoms with Gasteiger partial charge in [0.15, 0.2) is 0 Å². The molecule has 0 aliphatic carbocycles. The van der Waals surface area contributed by atoms with Gasteiger partial charge in [-0.3, -0.25) is 4.79 Å². The van der Waals surface area contributed by atoms with E-state index in [9.17, 15) is 4.79 Å². The first-order valence-electron chi connectivity index (χ1n) is 6.41. The van der Waals surface area contributed by atoms with Crippen LogP contribution >= 0.6 is 0 Å². The average molecular weight is 247 g/mol. The van der Waals surface area contributed by atoms with E-state index in [0.29, 0.717) is 13.1 Å². The van der Waals surface area contributed by atoms with Crippen LogP contribution in [0.4, 0.5) is 5.69 Å². The summed E-state index contributed by atoms with van der Waals surface area (Å²) in [7, 11) is 1.87. The van der Waals surface area contributed by atoms with Crippen LogP contribution in [0.3, 0.4) is 0 Å². The van der Waals surface area contributed by atoms with Crippen LogP contribution < -0.4 is 10.6 Å². The Morgan fingerprint density at radius 3 is 2.83 bits per heavy atom. The smallest absolute Gasteiger partial charge is 0.241 e. The van der Waals surface area contributed by atoms with Gasteiger partial charge in [-0.05, 0) is 24.5 Å². The third-order valence-corrected chi connectivity index (χ3v) is 3.53. The van der Waals surface area contributed by atoms with Crippen LogP contribution in [0.1, 0.15) is 17.5 Å². The molecule has 0 saturated carbocycles. The van der Waals surface area contributed by atoms with Crippen molar-refractivity contribution < 1.29 is 4.79 Å². The van der Waals surface area contributed by atoms with Crippen LogP contribution in [-0.4, -0.2) is 37.5 Å². The molecule has 1 heterocycles. The second-order valence-electron chi connectivity index (χ2n) is 4.88. The maximum absolute atomic E-state index is 12.0. The molecular formula is C14H21N3O.